The number of carboxylic acid groups (broad SMARTS) is 1. The fourth-order valence-corrected chi connectivity index (χ4v) is 6.18. The number of anilines is 1. The van der Waals surface area contributed by atoms with Gasteiger partial charge >= 0.3 is 5.97 Å². The van der Waals surface area contributed by atoms with E-state index < -0.39 is 23.5 Å². The monoisotopic (exact) mass is 591 g/mol. The first-order valence-electron chi connectivity index (χ1n) is 14.4. The molecule has 2 aliphatic rings. The van der Waals surface area contributed by atoms with Gasteiger partial charge in [0.25, 0.3) is 5.91 Å². The Morgan fingerprint density at radius 1 is 1.05 bits per heavy atom. The molecule has 9 heteroatoms. The summed E-state index contributed by atoms with van der Waals surface area (Å²) in [6.07, 6.45) is 0.520. The SMILES string of the molecule is COc1ccc(OC)c(C(=O)N2CCc3c2cc(C)c([C@H](OC(C)(C)C)C(=O)O)c3-c2cc(F)c3c(c2C)CCCO3)c1. The molecule has 0 saturated heterocycles. The summed E-state index contributed by atoms with van der Waals surface area (Å²) in [6, 6.07) is 8.32. The van der Waals surface area contributed by atoms with Crippen LogP contribution >= 0.6 is 0 Å². The Hall–Kier alpha value is -4.11. The Labute approximate surface area is 251 Å². The molecular weight excluding hydrogens is 553 g/mol. The second-order valence-electron chi connectivity index (χ2n) is 12.0. The maximum Gasteiger partial charge on any atom is 0.337 e. The second kappa shape index (κ2) is 11.5. The molecule has 0 aliphatic carbocycles. The van der Waals surface area contributed by atoms with Gasteiger partial charge in [-0.15, -0.1) is 0 Å². The van der Waals surface area contributed by atoms with Crippen LogP contribution in [0.15, 0.2) is 30.3 Å². The minimum Gasteiger partial charge on any atom is -0.497 e. The van der Waals surface area contributed by atoms with Crippen LogP contribution in [-0.4, -0.2) is 50.0 Å². The number of fused-ring (bicyclic) bond motifs is 2. The summed E-state index contributed by atoms with van der Waals surface area (Å²) < 4.78 is 38.3. The van der Waals surface area contributed by atoms with Crippen molar-refractivity contribution in [1.82, 2.24) is 0 Å². The molecule has 2 aliphatic heterocycles. The smallest absolute Gasteiger partial charge is 0.337 e. The van der Waals surface area contributed by atoms with Crippen LogP contribution in [-0.2, 0) is 22.4 Å². The molecule has 3 aromatic carbocycles. The molecular formula is C34H38FNO7. The highest BCUT2D eigenvalue weighted by atomic mass is 19.1. The zero-order chi connectivity index (χ0) is 31.2. The van der Waals surface area contributed by atoms with Gasteiger partial charge in [0.2, 0.25) is 0 Å². The number of methoxy groups -OCH3 is 2. The van der Waals surface area contributed by atoms with Crippen molar-refractivity contribution >= 4 is 17.6 Å². The van der Waals surface area contributed by atoms with E-state index in [-0.39, 0.29) is 11.7 Å². The largest absolute Gasteiger partial charge is 0.497 e. The van der Waals surface area contributed by atoms with E-state index >= 15 is 4.39 Å². The molecule has 8 nitrogen and oxygen atoms in total. The third-order valence-electron chi connectivity index (χ3n) is 8.08. The van der Waals surface area contributed by atoms with Crippen molar-refractivity contribution in [3.63, 3.8) is 0 Å². The summed E-state index contributed by atoms with van der Waals surface area (Å²) in [5, 5.41) is 10.4. The van der Waals surface area contributed by atoms with E-state index in [4.69, 9.17) is 18.9 Å². The molecule has 3 aromatic rings. The van der Waals surface area contributed by atoms with Crippen LogP contribution in [0.3, 0.4) is 0 Å². The van der Waals surface area contributed by atoms with Crippen LogP contribution in [0, 0.1) is 19.7 Å². The summed E-state index contributed by atoms with van der Waals surface area (Å²) in [4.78, 5) is 28.5. The molecule has 0 spiro atoms. The van der Waals surface area contributed by atoms with E-state index in [1.807, 2.05) is 13.0 Å². The maximum atomic E-state index is 15.6. The van der Waals surface area contributed by atoms with Crippen molar-refractivity contribution in [2.45, 2.75) is 65.6 Å². The molecule has 0 unspecified atom stereocenters. The van der Waals surface area contributed by atoms with Crippen LogP contribution in [0.4, 0.5) is 10.1 Å². The Morgan fingerprint density at radius 3 is 2.44 bits per heavy atom. The van der Waals surface area contributed by atoms with Crippen LogP contribution in [0.2, 0.25) is 0 Å². The number of aryl methyl sites for hydroxylation is 1. The Bertz CT molecular complexity index is 1610. The van der Waals surface area contributed by atoms with Gasteiger partial charge < -0.3 is 29.0 Å². The minimum absolute atomic E-state index is 0.251. The van der Waals surface area contributed by atoms with Crippen molar-refractivity contribution in [3.8, 4) is 28.4 Å². The highest BCUT2D eigenvalue weighted by Crippen LogP contribution is 2.48. The van der Waals surface area contributed by atoms with Gasteiger partial charge in [-0.3, -0.25) is 4.79 Å². The number of nitrogens with zero attached hydrogens (tertiary/aromatic N) is 1. The number of halogens is 1. The van der Waals surface area contributed by atoms with Gasteiger partial charge in [0.05, 0.1) is 32.0 Å². The number of carboxylic acids is 1. The number of carbonyl (C=O) groups is 2. The molecule has 1 N–H and O–H groups in total. The van der Waals surface area contributed by atoms with Crippen molar-refractivity contribution in [1.29, 1.82) is 0 Å². The average molecular weight is 592 g/mol. The zero-order valence-electron chi connectivity index (χ0n) is 25.7. The molecule has 0 aromatic heterocycles. The molecule has 5 rings (SSSR count). The van der Waals surface area contributed by atoms with Gasteiger partial charge in [0, 0.05) is 23.4 Å². The van der Waals surface area contributed by atoms with Crippen molar-refractivity contribution in [2.75, 3.05) is 32.3 Å². The van der Waals surface area contributed by atoms with E-state index in [1.165, 1.54) is 20.3 Å². The normalized spacial score (nSPS) is 14.9. The van der Waals surface area contributed by atoms with Gasteiger partial charge in [0.15, 0.2) is 17.7 Å². The average Bonchev–Trinajstić information content (AvgIpc) is 3.39. The molecule has 1 atom stereocenters. The molecule has 43 heavy (non-hydrogen) atoms. The lowest BCUT2D eigenvalue weighted by Crippen LogP contribution is -2.30. The molecule has 0 radical (unpaired) electrons. The van der Waals surface area contributed by atoms with Crippen LogP contribution in [0.25, 0.3) is 11.1 Å². The number of benzene rings is 3. The number of aliphatic carboxylic acids is 1. The fourth-order valence-electron chi connectivity index (χ4n) is 6.18. The molecule has 0 bridgehead atoms. The predicted molar refractivity (Wildman–Crippen MR) is 161 cm³/mol. The van der Waals surface area contributed by atoms with Crippen LogP contribution < -0.4 is 19.1 Å². The Balaban J connectivity index is 1.77. The third kappa shape index (κ3) is 5.54. The van der Waals surface area contributed by atoms with Crippen LogP contribution in [0.1, 0.15) is 71.5 Å². The number of amides is 1. The van der Waals surface area contributed by atoms with E-state index in [9.17, 15) is 14.7 Å². The van der Waals surface area contributed by atoms with Gasteiger partial charge in [-0.25, -0.2) is 9.18 Å². The van der Waals surface area contributed by atoms with E-state index in [1.54, 1.807) is 50.8 Å². The van der Waals surface area contributed by atoms with Gasteiger partial charge in [-0.2, -0.15) is 0 Å². The zero-order valence-corrected chi connectivity index (χ0v) is 25.7. The number of rotatable bonds is 7. The van der Waals surface area contributed by atoms with Crippen LogP contribution in [0.5, 0.6) is 17.2 Å². The number of hydrogen-bond donors (Lipinski definition) is 1. The first-order valence-corrected chi connectivity index (χ1v) is 14.4. The number of hydrogen-bond acceptors (Lipinski definition) is 6. The molecule has 0 fully saturated rings. The lowest BCUT2D eigenvalue weighted by Gasteiger charge is -2.30. The Kier molecular flexibility index (Phi) is 8.13. The summed E-state index contributed by atoms with van der Waals surface area (Å²) in [5.74, 6) is -0.749. The van der Waals surface area contributed by atoms with Gasteiger partial charge in [-0.05, 0) is 112 Å². The molecule has 1 amide bonds. The van der Waals surface area contributed by atoms with E-state index in [0.29, 0.717) is 71.0 Å². The first kappa shape index (κ1) is 30.4. The lowest BCUT2D eigenvalue weighted by molar-refractivity contribution is -0.160. The topological polar surface area (TPSA) is 94.5 Å². The molecule has 2 heterocycles. The summed E-state index contributed by atoms with van der Waals surface area (Å²) in [7, 11) is 3.03. The third-order valence-corrected chi connectivity index (χ3v) is 8.08. The first-order chi connectivity index (χ1) is 20.4. The standard InChI is InChI=1S/C34H38FNO7/c1-18-15-26-22(12-13-36(26)32(37)24-16-20(40-6)10-11-27(24)41-7)29(28(18)31(33(38)39)43-34(3,4)5)23-17-25(35)30-21(19(23)2)9-8-14-42-30/h10-11,15-17,31H,8-9,12-14H2,1-7H3,(H,38,39)/t31-/m0/s1. The second-order valence-corrected chi connectivity index (χ2v) is 12.0. The molecule has 0 saturated carbocycles. The number of ether oxygens (including phenoxy) is 4. The minimum atomic E-state index is -1.32. The fraction of sp³-hybridized carbons (Fsp3) is 0.412. The van der Waals surface area contributed by atoms with E-state index in [0.717, 1.165) is 23.1 Å². The van der Waals surface area contributed by atoms with Crippen molar-refractivity contribution < 1.29 is 38.0 Å². The predicted octanol–water partition coefficient (Wildman–Crippen LogP) is 6.60. The Morgan fingerprint density at radius 2 is 1.79 bits per heavy atom. The summed E-state index contributed by atoms with van der Waals surface area (Å²) in [6.45, 7) is 9.91. The quantitative estimate of drug-likeness (QED) is 0.331. The summed E-state index contributed by atoms with van der Waals surface area (Å²) in [5.41, 5.74) is 4.80. The summed E-state index contributed by atoms with van der Waals surface area (Å²) >= 11 is 0. The van der Waals surface area contributed by atoms with Crippen molar-refractivity contribution in [3.05, 3.63) is 69.5 Å². The van der Waals surface area contributed by atoms with Gasteiger partial charge in [0.1, 0.15) is 11.5 Å². The van der Waals surface area contributed by atoms with Gasteiger partial charge in [-0.1, -0.05) is 0 Å². The molecule has 228 valence electrons. The number of carbonyl (C=O) groups excluding carboxylic acids is 1. The highest BCUT2D eigenvalue weighted by Gasteiger charge is 2.37. The van der Waals surface area contributed by atoms with E-state index in [2.05, 4.69) is 0 Å². The lowest BCUT2D eigenvalue weighted by atomic mass is 9.83. The maximum absolute atomic E-state index is 15.6. The van der Waals surface area contributed by atoms with Crippen molar-refractivity contribution in [2.24, 2.45) is 0 Å². The highest BCUT2D eigenvalue weighted by molar-refractivity contribution is 6.10.